The molecule has 11 nitrogen and oxygen atoms in total. The van der Waals surface area contributed by atoms with Crippen LogP contribution in [0.1, 0.15) is 27.2 Å². The van der Waals surface area contributed by atoms with E-state index in [1.165, 1.54) is 6.92 Å². The summed E-state index contributed by atoms with van der Waals surface area (Å²) in [7, 11) is 0. The van der Waals surface area contributed by atoms with Crippen LogP contribution in [-0.2, 0) is 19.2 Å². The normalized spacial score (nSPS) is 16.4. The van der Waals surface area contributed by atoms with Crippen molar-refractivity contribution in [2.75, 3.05) is 12.4 Å². The molecule has 12 heteroatoms. The van der Waals surface area contributed by atoms with Gasteiger partial charge in [-0.2, -0.15) is 12.6 Å². The first-order chi connectivity index (χ1) is 12.9. The van der Waals surface area contributed by atoms with Gasteiger partial charge in [-0.25, -0.2) is 4.79 Å². The van der Waals surface area contributed by atoms with Crippen molar-refractivity contribution in [1.29, 1.82) is 0 Å². The Labute approximate surface area is 168 Å². The number of carboxylic acids is 1. The minimum atomic E-state index is -1.55. The van der Waals surface area contributed by atoms with Gasteiger partial charge >= 0.3 is 5.97 Å². The number of nitrogens with two attached hydrogens (primary N) is 1. The topological polar surface area (TPSA) is 191 Å². The standard InChI is InChI=1S/C16H30N4O7S/c1-7(2)4-9(17)13(23)20-12(8(3)22)15(25)19-11(6-28)14(24)18-10(5-21)16(26)27/h7-12,21-22,28H,4-6,17H2,1-3H3,(H,18,24)(H,19,25)(H,20,23)(H,26,27). The van der Waals surface area contributed by atoms with E-state index in [1.54, 1.807) is 0 Å². The molecule has 0 bridgehead atoms. The summed E-state index contributed by atoms with van der Waals surface area (Å²) < 4.78 is 0. The number of carbonyl (C=O) groups is 4. The van der Waals surface area contributed by atoms with Gasteiger partial charge in [0.1, 0.15) is 18.1 Å². The molecule has 0 aliphatic rings. The molecule has 28 heavy (non-hydrogen) atoms. The molecular formula is C16H30N4O7S. The van der Waals surface area contributed by atoms with E-state index in [1.807, 2.05) is 19.2 Å². The number of aliphatic hydroxyl groups excluding tert-OH is 2. The number of hydrogen-bond donors (Lipinski definition) is 8. The molecule has 0 rings (SSSR count). The van der Waals surface area contributed by atoms with E-state index < -0.39 is 60.6 Å². The van der Waals surface area contributed by atoms with Crippen molar-refractivity contribution in [2.45, 2.75) is 57.5 Å². The minimum absolute atomic E-state index is 0.144. The number of carbonyl (C=O) groups excluding carboxylic acids is 3. The lowest BCUT2D eigenvalue weighted by Crippen LogP contribution is -2.60. The van der Waals surface area contributed by atoms with Gasteiger partial charge in [-0.15, -0.1) is 0 Å². The summed E-state index contributed by atoms with van der Waals surface area (Å²) in [5.41, 5.74) is 5.76. The van der Waals surface area contributed by atoms with Crippen LogP contribution in [0.3, 0.4) is 0 Å². The lowest BCUT2D eigenvalue weighted by Gasteiger charge is -2.26. The number of aliphatic hydroxyl groups is 2. The van der Waals surface area contributed by atoms with Crippen LogP contribution < -0.4 is 21.7 Å². The number of amides is 3. The van der Waals surface area contributed by atoms with E-state index in [0.29, 0.717) is 6.42 Å². The third-order valence-electron chi connectivity index (χ3n) is 3.74. The highest BCUT2D eigenvalue weighted by Gasteiger charge is 2.31. The van der Waals surface area contributed by atoms with E-state index in [2.05, 4.69) is 23.3 Å². The molecule has 0 saturated carbocycles. The smallest absolute Gasteiger partial charge is 0.328 e. The third-order valence-corrected chi connectivity index (χ3v) is 4.10. The maximum Gasteiger partial charge on any atom is 0.328 e. The van der Waals surface area contributed by atoms with Crippen LogP contribution in [-0.4, -0.2) is 81.6 Å². The lowest BCUT2D eigenvalue weighted by atomic mass is 10.0. The van der Waals surface area contributed by atoms with Gasteiger partial charge in [-0.3, -0.25) is 14.4 Å². The van der Waals surface area contributed by atoms with Crippen LogP contribution >= 0.6 is 12.6 Å². The van der Waals surface area contributed by atoms with Gasteiger partial charge in [-0.05, 0) is 19.3 Å². The number of carboxylic acid groups (broad SMARTS) is 1. The van der Waals surface area contributed by atoms with Crippen molar-refractivity contribution in [3.05, 3.63) is 0 Å². The Hall–Kier alpha value is -1.89. The number of rotatable bonds is 12. The SMILES string of the molecule is CC(C)CC(N)C(=O)NC(C(=O)NC(CS)C(=O)NC(CO)C(=O)O)C(C)O. The Balaban J connectivity index is 5.07. The molecule has 0 aromatic carbocycles. The van der Waals surface area contributed by atoms with E-state index in [4.69, 9.17) is 15.9 Å². The molecule has 0 aliphatic carbocycles. The van der Waals surface area contributed by atoms with Crippen LogP contribution in [0.5, 0.6) is 0 Å². The zero-order valence-electron chi connectivity index (χ0n) is 16.1. The van der Waals surface area contributed by atoms with Crippen molar-refractivity contribution >= 4 is 36.3 Å². The van der Waals surface area contributed by atoms with Crippen LogP contribution in [0.15, 0.2) is 0 Å². The fourth-order valence-electron chi connectivity index (χ4n) is 2.19. The molecule has 0 heterocycles. The molecule has 0 aromatic rings. The van der Waals surface area contributed by atoms with E-state index >= 15 is 0 Å². The summed E-state index contributed by atoms with van der Waals surface area (Å²) in [6.07, 6.45) is -0.914. The monoisotopic (exact) mass is 422 g/mol. The summed E-state index contributed by atoms with van der Waals surface area (Å²) in [6.45, 7) is 4.19. The van der Waals surface area contributed by atoms with Crippen molar-refractivity contribution in [2.24, 2.45) is 11.7 Å². The Kier molecular flexibility index (Phi) is 11.7. The highest BCUT2D eigenvalue weighted by molar-refractivity contribution is 7.80. The Morgan fingerprint density at radius 2 is 1.50 bits per heavy atom. The van der Waals surface area contributed by atoms with Gasteiger partial charge in [-0.1, -0.05) is 13.8 Å². The molecule has 0 spiro atoms. The number of aliphatic carboxylic acids is 1. The summed E-state index contributed by atoms with van der Waals surface area (Å²) in [5.74, 6) is -3.89. The maximum absolute atomic E-state index is 12.4. The first-order valence-electron chi connectivity index (χ1n) is 8.73. The summed E-state index contributed by atoms with van der Waals surface area (Å²) in [6, 6.07) is -5.06. The summed E-state index contributed by atoms with van der Waals surface area (Å²) >= 11 is 3.94. The molecule has 5 unspecified atom stereocenters. The fraction of sp³-hybridized carbons (Fsp3) is 0.750. The van der Waals surface area contributed by atoms with Gasteiger partial charge in [0.05, 0.1) is 18.8 Å². The van der Waals surface area contributed by atoms with Crippen molar-refractivity contribution in [3.8, 4) is 0 Å². The molecule has 0 fully saturated rings. The average Bonchev–Trinajstić information content (AvgIpc) is 2.59. The fourth-order valence-corrected chi connectivity index (χ4v) is 2.45. The Bertz CT molecular complexity index is 559. The third kappa shape index (κ3) is 8.87. The quantitative estimate of drug-likeness (QED) is 0.155. The van der Waals surface area contributed by atoms with Crippen LogP contribution in [0.2, 0.25) is 0 Å². The molecule has 5 atom stereocenters. The summed E-state index contributed by atoms with van der Waals surface area (Å²) in [4.78, 5) is 47.5. The lowest BCUT2D eigenvalue weighted by molar-refractivity contribution is -0.143. The van der Waals surface area contributed by atoms with Gasteiger partial charge in [0.25, 0.3) is 0 Å². The van der Waals surface area contributed by atoms with Gasteiger partial charge in [0.15, 0.2) is 0 Å². The predicted molar refractivity (Wildman–Crippen MR) is 103 cm³/mol. The van der Waals surface area contributed by atoms with Crippen LogP contribution in [0.4, 0.5) is 0 Å². The maximum atomic E-state index is 12.4. The highest BCUT2D eigenvalue weighted by Crippen LogP contribution is 2.04. The molecule has 0 aromatic heterocycles. The second kappa shape index (κ2) is 12.5. The van der Waals surface area contributed by atoms with Crippen molar-refractivity contribution in [1.82, 2.24) is 16.0 Å². The first kappa shape index (κ1) is 26.1. The van der Waals surface area contributed by atoms with Crippen LogP contribution in [0.25, 0.3) is 0 Å². The van der Waals surface area contributed by atoms with Crippen LogP contribution in [0, 0.1) is 5.92 Å². The van der Waals surface area contributed by atoms with Gasteiger partial charge in [0, 0.05) is 5.75 Å². The molecule has 8 N–H and O–H groups in total. The zero-order valence-corrected chi connectivity index (χ0v) is 17.0. The second-order valence-electron chi connectivity index (χ2n) is 6.79. The number of nitrogens with one attached hydrogen (secondary N) is 3. The van der Waals surface area contributed by atoms with E-state index in [9.17, 15) is 24.3 Å². The Morgan fingerprint density at radius 3 is 1.89 bits per heavy atom. The largest absolute Gasteiger partial charge is 0.480 e. The molecular weight excluding hydrogens is 392 g/mol. The van der Waals surface area contributed by atoms with Crippen molar-refractivity contribution in [3.63, 3.8) is 0 Å². The molecule has 3 amide bonds. The number of thiol groups is 1. The predicted octanol–water partition coefficient (Wildman–Crippen LogP) is -2.80. The Morgan fingerprint density at radius 1 is 0.964 bits per heavy atom. The van der Waals surface area contributed by atoms with E-state index in [0.717, 1.165) is 0 Å². The zero-order chi connectivity index (χ0) is 22.0. The molecule has 0 saturated heterocycles. The van der Waals surface area contributed by atoms with Gasteiger partial charge < -0.3 is 37.0 Å². The second-order valence-corrected chi connectivity index (χ2v) is 7.15. The molecule has 0 aliphatic heterocycles. The highest BCUT2D eigenvalue weighted by atomic mass is 32.1. The van der Waals surface area contributed by atoms with E-state index in [-0.39, 0.29) is 11.7 Å². The molecule has 0 radical (unpaired) electrons. The average molecular weight is 423 g/mol. The van der Waals surface area contributed by atoms with Crippen molar-refractivity contribution < 1.29 is 34.5 Å². The minimum Gasteiger partial charge on any atom is -0.480 e. The summed E-state index contributed by atoms with van der Waals surface area (Å²) in [5, 5.41) is 34.3. The molecule has 162 valence electrons. The number of hydrogen-bond acceptors (Lipinski definition) is 8. The first-order valence-corrected chi connectivity index (χ1v) is 9.37. The van der Waals surface area contributed by atoms with Gasteiger partial charge in [0.2, 0.25) is 17.7 Å².